The molecule has 0 amide bonds. The summed E-state index contributed by atoms with van der Waals surface area (Å²) < 4.78 is 38.8. The average Bonchev–Trinajstić information content (AvgIpc) is 2.45. The van der Waals surface area contributed by atoms with Gasteiger partial charge >= 0.3 is 5.69 Å². The smallest absolute Gasteiger partial charge is 0.330 e. The number of rotatable bonds is 11. The molecule has 1 heterocycles. The number of nitrogens with zero attached hydrogens (tertiary/aromatic N) is 1. The predicted octanol–water partition coefficient (Wildman–Crippen LogP) is -1.81. The number of H-pyrrole nitrogens is 1. The summed E-state index contributed by atoms with van der Waals surface area (Å²) in [5.74, 6) is 0. The molecule has 0 fully saturated rings. The highest BCUT2D eigenvalue weighted by atomic mass is 32.2. The van der Waals surface area contributed by atoms with Crippen molar-refractivity contribution in [3.63, 3.8) is 0 Å². The minimum Gasteiger partial charge on any atom is -0.382 e. The first-order chi connectivity index (χ1) is 11.3. The largest absolute Gasteiger partial charge is 0.382 e. The third-order valence-electron chi connectivity index (χ3n) is 2.65. The number of aromatic amines is 1. The summed E-state index contributed by atoms with van der Waals surface area (Å²) in [7, 11) is -0.680. The zero-order valence-electron chi connectivity index (χ0n) is 13.6. The maximum Gasteiger partial charge on any atom is 0.330 e. The Morgan fingerprint density at radius 2 is 1.88 bits per heavy atom. The van der Waals surface area contributed by atoms with Gasteiger partial charge in [0.2, 0.25) is 10.0 Å². The maximum absolute atomic E-state index is 11.9. The summed E-state index contributed by atoms with van der Waals surface area (Å²) in [6.45, 7) is -0.0886. The monoisotopic (exact) mass is 367 g/mol. The van der Waals surface area contributed by atoms with Gasteiger partial charge in [0.25, 0.3) is 5.56 Å². The normalized spacial score (nSPS) is 14.5. The second-order valence-electron chi connectivity index (χ2n) is 4.81. The van der Waals surface area contributed by atoms with Crippen molar-refractivity contribution in [2.24, 2.45) is 0 Å². The fraction of sp³-hybridized carbons (Fsp3) is 0.667. The molecule has 0 unspecified atom stereocenters. The molecule has 0 aliphatic heterocycles. The van der Waals surface area contributed by atoms with Gasteiger partial charge in [-0.3, -0.25) is 19.2 Å². The Kier molecular flexibility index (Phi) is 8.24. The van der Waals surface area contributed by atoms with Crippen LogP contribution < -0.4 is 16.1 Å². The fourth-order valence-corrected chi connectivity index (χ4v) is 2.03. The van der Waals surface area contributed by atoms with Gasteiger partial charge in [-0.15, -0.1) is 0 Å². The van der Waals surface area contributed by atoms with E-state index >= 15 is 0 Å². The number of hydrogen-bond donors (Lipinski definition) is 2. The van der Waals surface area contributed by atoms with Crippen molar-refractivity contribution in [3.8, 4) is 0 Å². The molecule has 138 valence electrons. The average molecular weight is 367 g/mol. The van der Waals surface area contributed by atoms with Gasteiger partial charge in [-0.2, -0.15) is 0 Å². The van der Waals surface area contributed by atoms with Crippen molar-refractivity contribution in [1.29, 1.82) is 0 Å². The molecule has 12 heteroatoms. The van der Waals surface area contributed by atoms with Crippen LogP contribution in [0.15, 0.2) is 21.9 Å². The van der Waals surface area contributed by atoms with Crippen LogP contribution in [0, 0.1) is 0 Å². The predicted molar refractivity (Wildman–Crippen MR) is 82.9 cm³/mol. The van der Waals surface area contributed by atoms with Gasteiger partial charge in [-0.05, 0) is 0 Å². The Morgan fingerprint density at radius 1 is 1.21 bits per heavy atom. The summed E-state index contributed by atoms with van der Waals surface area (Å²) in [6, 6.07) is 1.17. The fourth-order valence-electron chi connectivity index (χ4n) is 1.75. The standard InChI is InChI=1S/C12H21N3O8S/c1-20-6-9(7-22-14-24(3,18)19)23-11(8-21-2)15-5-4-10(16)13-12(15)17/h4-5,9,11,14H,6-8H2,1-3H3,(H,13,16,17)/t9-,11+/m0/s1. The van der Waals surface area contributed by atoms with Crippen molar-refractivity contribution in [2.75, 3.05) is 40.3 Å². The molecule has 1 rings (SSSR count). The lowest BCUT2D eigenvalue weighted by atomic mass is 10.4. The molecule has 2 N–H and O–H groups in total. The van der Waals surface area contributed by atoms with Crippen LogP contribution in [0.4, 0.5) is 0 Å². The SMILES string of the molecule is COC[C@@H](CONS(C)(=O)=O)O[C@H](COC)n1ccc(=O)[nH]c1=O. The molecule has 0 bridgehead atoms. The number of nitrogens with one attached hydrogen (secondary N) is 2. The first-order valence-corrected chi connectivity index (χ1v) is 8.69. The molecule has 0 spiro atoms. The molecule has 1 aromatic heterocycles. The number of ether oxygens (including phenoxy) is 3. The lowest BCUT2D eigenvalue weighted by Crippen LogP contribution is -2.39. The number of methoxy groups -OCH3 is 2. The Labute approximate surface area is 138 Å². The van der Waals surface area contributed by atoms with E-state index in [2.05, 4.69) is 4.98 Å². The van der Waals surface area contributed by atoms with E-state index in [-0.39, 0.29) is 19.8 Å². The molecule has 0 saturated heterocycles. The van der Waals surface area contributed by atoms with Gasteiger partial charge in [0.05, 0.1) is 26.1 Å². The highest BCUT2D eigenvalue weighted by Crippen LogP contribution is 2.10. The Morgan fingerprint density at radius 3 is 2.42 bits per heavy atom. The van der Waals surface area contributed by atoms with E-state index in [4.69, 9.17) is 19.0 Å². The van der Waals surface area contributed by atoms with Crippen LogP contribution in [0.25, 0.3) is 0 Å². The zero-order valence-corrected chi connectivity index (χ0v) is 14.4. The van der Waals surface area contributed by atoms with Crippen molar-refractivity contribution < 1.29 is 27.5 Å². The van der Waals surface area contributed by atoms with Crippen LogP contribution in [-0.2, 0) is 29.1 Å². The summed E-state index contributed by atoms with van der Waals surface area (Å²) in [4.78, 5) is 31.8. The van der Waals surface area contributed by atoms with E-state index in [9.17, 15) is 18.0 Å². The molecule has 0 radical (unpaired) electrons. The quantitative estimate of drug-likeness (QED) is 0.437. The number of hydrogen-bond acceptors (Lipinski definition) is 8. The highest BCUT2D eigenvalue weighted by molar-refractivity contribution is 7.88. The lowest BCUT2D eigenvalue weighted by molar-refractivity contribution is -0.136. The summed E-state index contributed by atoms with van der Waals surface area (Å²) >= 11 is 0. The second kappa shape index (κ2) is 9.66. The Hall–Kier alpha value is -1.57. The molecule has 1 aromatic rings. The van der Waals surface area contributed by atoms with Crippen molar-refractivity contribution in [3.05, 3.63) is 33.1 Å². The molecular weight excluding hydrogens is 346 g/mol. The van der Waals surface area contributed by atoms with Crippen LogP contribution >= 0.6 is 0 Å². The van der Waals surface area contributed by atoms with Gasteiger partial charge in [0.15, 0.2) is 6.23 Å². The van der Waals surface area contributed by atoms with Crippen molar-refractivity contribution in [1.82, 2.24) is 14.4 Å². The van der Waals surface area contributed by atoms with Gasteiger partial charge < -0.3 is 14.2 Å². The topological polar surface area (TPSA) is 138 Å². The van der Waals surface area contributed by atoms with Crippen LogP contribution in [-0.4, -0.2) is 64.4 Å². The van der Waals surface area contributed by atoms with Gasteiger partial charge in [-0.1, -0.05) is 4.89 Å². The van der Waals surface area contributed by atoms with Crippen LogP contribution in [0.3, 0.4) is 0 Å². The molecule has 0 aromatic carbocycles. The second-order valence-corrected chi connectivity index (χ2v) is 6.52. The van der Waals surface area contributed by atoms with Crippen molar-refractivity contribution >= 4 is 10.0 Å². The summed E-state index contributed by atoms with van der Waals surface area (Å²) in [5, 5.41) is 0. The van der Waals surface area contributed by atoms with E-state index in [1.165, 1.54) is 26.5 Å². The summed E-state index contributed by atoms with van der Waals surface area (Å²) in [5.41, 5.74) is -1.21. The zero-order chi connectivity index (χ0) is 18.2. The van der Waals surface area contributed by atoms with Gasteiger partial charge in [0.1, 0.15) is 6.10 Å². The molecule has 24 heavy (non-hydrogen) atoms. The van der Waals surface area contributed by atoms with E-state index in [0.29, 0.717) is 0 Å². The Balaban J connectivity index is 2.84. The first-order valence-electron chi connectivity index (χ1n) is 6.80. The molecular formula is C12H21N3O8S. The molecule has 11 nitrogen and oxygen atoms in total. The third-order valence-corrected chi connectivity index (χ3v) is 3.07. The maximum atomic E-state index is 11.9. The third kappa shape index (κ3) is 7.33. The minimum absolute atomic E-state index is 0.00562. The van der Waals surface area contributed by atoms with E-state index in [1.54, 1.807) is 0 Å². The summed E-state index contributed by atoms with van der Waals surface area (Å²) in [6.07, 6.45) is 0.626. The minimum atomic E-state index is -3.53. The van der Waals surface area contributed by atoms with E-state index in [0.717, 1.165) is 10.8 Å². The van der Waals surface area contributed by atoms with Crippen LogP contribution in [0.2, 0.25) is 0 Å². The molecule has 0 aliphatic rings. The van der Waals surface area contributed by atoms with Crippen molar-refractivity contribution in [2.45, 2.75) is 12.3 Å². The number of sulfonamides is 1. The molecule has 0 aliphatic carbocycles. The van der Waals surface area contributed by atoms with Crippen LogP contribution in [0.1, 0.15) is 6.23 Å². The van der Waals surface area contributed by atoms with E-state index in [1.807, 2.05) is 4.89 Å². The van der Waals surface area contributed by atoms with Gasteiger partial charge in [0, 0.05) is 26.5 Å². The van der Waals surface area contributed by atoms with E-state index < -0.39 is 33.6 Å². The van der Waals surface area contributed by atoms with Gasteiger partial charge in [-0.25, -0.2) is 13.2 Å². The highest BCUT2D eigenvalue weighted by Gasteiger charge is 2.20. The number of aromatic nitrogens is 2. The van der Waals surface area contributed by atoms with Crippen LogP contribution in [0.5, 0.6) is 0 Å². The molecule has 0 saturated carbocycles. The Bertz CT molecular complexity index is 714. The first kappa shape index (κ1) is 20.5. The lowest BCUT2D eigenvalue weighted by Gasteiger charge is -2.25. The molecule has 2 atom stereocenters.